The topological polar surface area (TPSA) is 88.0 Å². The van der Waals surface area contributed by atoms with E-state index in [1.807, 2.05) is 14.0 Å². The van der Waals surface area contributed by atoms with E-state index in [0.717, 1.165) is 22.3 Å². The number of esters is 1. The number of aryl methyl sites for hydroxylation is 4. The lowest BCUT2D eigenvalue weighted by Gasteiger charge is -2.06. The fraction of sp³-hybridized carbons (Fsp3) is 0.462. The van der Waals surface area contributed by atoms with Crippen LogP contribution >= 0.6 is 15.9 Å². The molecule has 2 aromatic rings. The summed E-state index contributed by atoms with van der Waals surface area (Å²) in [6.45, 7) is 3.88. The van der Waals surface area contributed by atoms with Crippen LogP contribution < -0.4 is 5.73 Å². The molecule has 2 N–H and O–H groups in total. The molecule has 0 saturated carbocycles. The lowest BCUT2D eigenvalue weighted by atomic mass is 10.3. The van der Waals surface area contributed by atoms with Crippen LogP contribution in [0.1, 0.15) is 34.5 Å². The third-order valence-corrected chi connectivity index (χ3v) is 4.22. The summed E-state index contributed by atoms with van der Waals surface area (Å²) in [6.07, 6.45) is 0.802. The van der Waals surface area contributed by atoms with E-state index < -0.39 is 5.97 Å². The van der Waals surface area contributed by atoms with Crippen LogP contribution in [0.5, 0.6) is 0 Å². The van der Waals surface area contributed by atoms with Crippen molar-refractivity contribution in [1.29, 1.82) is 0 Å². The van der Waals surface area contributed by atoms with Gasteiger partial charge < -0.3 is 10.5 Å². The monoisotopic (exact) mass is 355 g/mol. The number of anilines is 1. The molecule has 0 saturated heterocycles. The molecule has 0 spiro atoms. The predicted octanol–water partition coefficient (Wildman–Crippen LogP) is 1.73. The molecule has 0 bridgehead atoms. The van der Waals surface area contributed by atoms with E-state index in [4.69, 9.17) is 10.5 Å². The third kappa shape index (κ3) is 2.80. The van der Waals surface area contributed by atoms with Crippen molar-refractivity contribution in [2.24, 2.45) is 14.1 Å². The molecule has 0 unspecified atom stereocenters. The molecule has 0 aliphatic heterocycles. The average molecular weight is 356 g/mol. The molecule has 0 aliphatic rings. The number of nitrogens with two attached hydrogens (primary N) is 1. The summed E-state index contributed by atoms with van der Waals surface area (Å²) in [5, 5.41) is 8.46. The minimum atomic E-state index is -0.498. The molecule has 0 aromatic carbocycles. The van der Waals surface area contributed by atoms with Gasteiger partial charge in [0.25, 0.3) is 0 Å². The predicted molar refractivity (Wildman–Crippen MR) is 81.8 cm³/mol. The Morgan fingerprint density at radius 1 is 1.33 bits per heavy atom. The van der Waals surface area contributed by atoms with Gasteiger partial charge in [0.2, 0.25) is 0 Å². The zero-order valence-electron chi connectivity index (χ0n) is 12.5. The van der Waals surface area contributed by atoms with Crippen molar-refractivity contribution in [3.8, 4) is 0 Å². The van der Waals surface area contributed by atoms with Crippen LogP contribution in [0.15, 0.2) is 4.47 Å². The molecule has 8 heteroatoms. The Bertz CT molecular complexity index is 689. The number of halogens is 1. The van der Waals surface area contributed by atoms with Gasteiger partial charge in [0, 0.05) is 14.1 Å². The largest absolute Gasteiger partial charge is 0.454 e. The lowest BCUT2D eigenvalue weighted by Crippen LogP contribution is -2.14. The first-order chi connectivity index (χ1) is 9.86. The van der Waals surface area contributed by atoms with E-state index in [2.05, 4.69) is 26.1 Å². The molecule has 0 aliphatic carbocycles. The molecule has 0 fully saturated rings. The minimum Gasteiger partial charge on any atom is -0.454 e. The fourth-order valence-electron chi connectivity index (χ4n) is 2.10. The molecule has 2 rings (SSSR count). The molecular formula is C13H18BrN5O2. The normalized spacial score (nSPS) is 10.9. The van der Waals surface area contributed by atoms with E-state index in [9.17, 15) is 4.79 Å². The lowest BCUT2D eigenvalue weighted by molar-refractivity contribution is 0.0451. The van der Waals surface area contributed by atoms with Crippen LogP contribution in [-0.4, -0.2) is 25.5 Å². The van der Waals surface area contributed by atoms with E-state index >= 15 is 0 Å². The van der Waals surface area contributed by atoms with Gasteiger partial charge in [-0.05, 0) is 29.3 Å². The van der Waals surface area contributed by atoms with Crippen LogP contribution in [0, 0.1) is 6.92 Å². The van der Waals surface area contributed by atoms with Gasteiger partial charge in [-0.3, -0.25) is 9.36 Å². The molecule has 2 aromatic heterocycles. The SMILES string of the molecule is CCc1nn(C)c(COC(=O)c2c(N)c(C)nn2C)c1Br. The number of hydrogen-bond acceptors (Lipinski definition) is 5. The maximum atomic E-state index is 12.2. The minimum absolute atomic E-state index is 0.118. The Morgan fingerprint density at radius 2 is 2.00 bits per heavy atom. The van der Waals surface area contributed by atoms with Crippen molar-refractivity contribution in [3.05, 3.63) is 27.2 Å². The Labute approximate surface area is 131 Å². The molecule has 7 nitrogen and oxygen atoms in total. The van der Waals surface area contributed by atoms with Crippen molar-refractivity contribution in [3.63, 3.8) is 0 Å². The first-order valence-corrected chi connectivity index (χ1v) is 7.32. The highest BCUT2D eigenvalue weighted by atomic mass is 79.9. The van der Waals surface area contributed by atoms with Gasteiger partial charge in [0.15, 0.2) is 5.69 Å². The highest BCUT2D eigenvalue weighted by molar-refractivity contribution is 9.10. The Balaban J connectivity index is 2.17. The first-order valence-electron chi connectivity index (χ1n) is 6.53. The summed E-state index contributed by atoms with van der Waals surface area (Å²) >= 11 is 3.48. The van der Waals surface area contributed by atoms with Gasteiger partial charge in [-0.2, -0.15) is 10.2 Å². The van der Waals surface area contributed by atoms with Gasteiger partial charge in [-0.1, -0.05) is 6.92 Å². The second-order valence-corrected chi connectivity index (χ2v) is 5.52. The summed E-state index contributed by atoms with van der Waals surface area (Å²) in [4.78, 5) is 12.2. The van der Waals surface area contributed by atoms with Crippen molar-refractivity contribution in [1.82, 2.24) is 19.6 Å². The van der Waals surface area contributed by atoms with Crippen molar-refractivity contribution >= 4 is 27.6 Å². The maximum Gasteiger partial charge on any atom is 0.359 e. The van der Waals surface area contributed by atoms with E-state index in [1.54, 1.807) is 18.7 Å². The molecule has 0 radical (unpaired) electrons. The van der Waals surface area contributed by atoms with Crippen LogP contribution in [0.25, 0.3) is 0 Å². The van der Waals surface area contributed by atoms with Gasteiger partial charge in [0.05, 0.1) is 27.2 Å². The van der Waals surface area contributed by atoms with Crippen LogP contribution in [-0.2, 0) is 31.9 Å². The number of carbonyl (C=O) groups excluding carboxylic acids is 1. The van der Waals surface area contributed by atoms with Crippen molar-refractivity contribution in [2.75, 3.05) is 5.73 Å². The summed E-state index contributed by atoms with van der Waals surface area (Å²) in [5.41, 5.74) is 8.81. The smallest absolute Gasteiger partial charge is 0.359 e. The summed E-state index contributed by atoms with van der Waals surface area (Å²) in [6, 6.07) is 0. The number of hydrogen-bond donors (Lipinski definition) is 1. The van der Waals surface area contributed by atoms with Gasteiger partial charge >= 0.3 is 5.97 Å². The van der Waals surface area contributed by atoms with Crippen LogP contribution in [0.3, 0.4) is 0 Å². The highest BCUT2D eigenvalue weighted by Crippen LogP contribution is 2.23. The van der Waals surface area contributed by atoms with Gasteiger partial charge in [-0.15, -0.1) is 0 Å². The number of ether oxygens (including phenoxy) is 1. The number of carbonyl (C=O) groups is 1. The Hall–Kier alpha value is -1.83. The average Bonchev–Trinajstić information content (AvgIpc) is 2.84. The van der Waals surface area contributed by atoms with Crippen molar-refractivity contribution in [2.45, 2.75) is 26.9 Å². The second-order valence-electron chi connectivity index (χ2n) is 4.73. The number of nitrogen functional groups attached to an aromatic ring is 1. The summed E-state index contributed by atoms with van der Waals surface area (Å²) in [7, 11) is 3.48. The van der Waals surface area contributed by atoms with E-state index in [1.165, 1.54) is 4.68 Å². The van der Waals surface area contributed by atoms with Gasteiger partial charge in [0.1, 0.15) is 6.61 Å². The molecule has 114 valence electrons. The maximum absolute atomic E-state index is 12.2. The first kappa shape index (κ1) is 15.6. The fourth-order valence-corrected chi connectivity index (χ4v) is 2.83. The molecular weight excluding hydrogens is 338 g/mol. The zero-order chi connectivity index (χ0) is 15.7. The molecule has 0 atom stereocenters. The van der Waals surface area contributed by atoms with Crippen LogP contribution in [0.4, 0.5) is 5.69 Å². The summed E-state index contributed by atoms with van der Waals surface area (Å²) in [5.74, 6) is -0.498. The number of nitrogens with zero attached hydrogens (tertiary/aromatic N) is 4. The quantitative estimate of drug-likeness (QED) is 0.843. The van der Waals surface area contributed by atoms with E-state index in [-0.39, 0.29) is 12.3 Å². The second kappa shape index (κ2) is 5.88. The molecule has 21 heavy (non-hydrogen) atoms. The number of rotatable bonds is 4. The Morgan fingerprint density at radius 3 is 2.48 bits per heavy atom. The molecule has 0 amide bonds. The van der Waals surface area contributed by atoms with E-state index in [0.29, 0.717) is 11.4 Å². The van der Waals surface area contributed by atoms with Crippen LogP contribution in [0.2, 0.25) is 0 Å². The summed E-state index contributed by atoms with van der Waals surface area (Å²) < 4.78 is 9.34. The van der Waals surface area contributed by atoms with Gasteiger partial charge in [-0.25, -0.2) is 4.79 Å². The number of aromatic nitrogens is 4. The Kier molecular flexibility index (Phi) is 4.36. The molecule has 2 heterocycles. The third-order valence-electron chi connectivity index (χ3n) is 3.30. The highest BCUT2D eigenvalue weighted by Gasteiger charge is 2.21. The van der Waals surface area contributed by atoms with Crippen molar-refractivity contribution < 1.29 is 9.53 Å². The standard InChI is InChI=1S/C13H18BrN5O2/c1-5-8-10(14)9(18(3)17-8)6-21-13(20)12-11(15)7(2)16-19(12)4/h5-6,15H2,1-4H3. The zero-order valence-corrected chi connectivity index (χ0v) is 14.1.